The molecule has 4 aromatic rings. The van der Waals surface area contributed by atoms with Crippen LogP contribution in [0.5, 0.6) is 11.5 Å². The number of methoxy groups -OCH3 is 1. The predicted octanol–water partition coefficient (Wildman–Crippen LogP) is 3.73. The molecule has 1 amide bonds. The number of aryl methyl sites for hydroxylation is 2. The van der Waals surface area contributed by atoms with Gasteiger partial charge in [-0.2, -0.15) is 0 Å². The van der Waals surface area contributed by atoms with Crippen molar-refractivity contribution in [2.24, 2.45) is 0 Å². The number of phenols is 1. The van der Waals surface area contributed by atoms with E-state index in [-0.39, 0.29) is 28.3 Å². The molecule has 1 aliphatic heterocycles. The molecule has 3 heterocycles. The molecule has 0 radical (unpaired) electrons. The quantitative estimate of drug-likeness (QED) is 0.523. The third-order valence-electron chi connectivity index (χ3n) is 5.56. The number of hydrogen-bond acceptors (Lipinski definition) is 8. The van der Waals surface area contributed by atoms with E-state index in [1.54, 1.807) is 24.3 Å². The molecule has 156 valence electrons. The topological polar surface area (TPSA) is 106 Å². The maximum atomic E-state index is 13.6. The van der Waals surface area contributed by atoms with Crippen molar-refractivity contribution in [2.45, 2.75) is 19.9 Å². The van der Waals surface area contributed by atoms with Gasteiger partial charge in [0.05, 0.1) is 24.1 Å². The third-order valence-corrected chi connectivity index (χ3v) is 6.25. The zero-order chi connectivity index (χ0) is 21.9. The number of benzene rings is 2. The van der Waals surface area contributed by atoms with Crippen molar-refractivity contribution in [3.8, 4) is 11.5 Å². The van der Waals surface area contributed by atoms with Gasteiger partial charge in [0, 0.05) is 0 Å². The molecule has 9 heteroatoms. The number of phenolic OH excluding ortho intramolecular Hbond substituents is 1. The van der Waals surface area contributed by atoms with Gasteiger partial charge in [0.1, 0.15) is 11.1 Å². The van der Waals surface area contributed by atoms with Gasteiger partial charge >= 0.3 is 0 Å². The van der Waals surface area contributed by atoms with Gasteiger partial charge in [-0.15, -0.1) is 10.2 Å². The molecule has 0 fully saturated rings. The summed E-state index contributed by atoms with van der Waals surface area (Å²) in [6.45, 7) is 3.84. The van der Waals surface area contributed by atoms with Crippen LogP contribution in [0.1, 0.15) is 38.9 Å². The van der Waals surface area contributed by atoms with Gasteiger partial charge in [0.2, 0.25) is 10.9 Å². The molecule has 5 rings (SSSR count). The van der Waals surface area contributed by atoms with Crippen LogP contribution in [0.4, 0.5) is 5.13 Å². The minimum Gasteiger partial charge on any atom is -0.504 e. The summed E-state index contributed by atoms with van der Waals surface area (Å²) in [5, 5.41) is 18.7. The van der Waals surface area contributed by atoms with Crippen molar-refractivity contribution in [1.82, 2.24) is 10.2 Å². The fourth-order valence-corrected chi connectivity index (χ4v) is 4.46. The molecule has 31 heavy (non-hydrogen) atoms. The van der Waals surface area contributed by atoms with Crippen molar-refractivity contribution in [3.63, 3.8) is 0 Å². The summed E-state index contributed by atoms with van der Waals surface area (Å²) in [5.74, 6) is -0.309. The average Bonchev–Trinajstić information content (AvgIpc) is 3.37. The number of ether oxygens (including phenoxy) is 1. The lowest BCUT2D eigenvalue weighted by molar-refractivity contribution is 0.0970. The molecule has 2 aromatic heterocycles. The van der Waals surface area contributed by atoms with Crippen molar-refractivity contribution < 1.29 is 19.1 Å². The summed E-state index contributed by atoms with van der Waals surface area (Å²) in [5.41, 5.74) is 4.31. The molecule has 1 atom stereocenters. The summed E-state index contributed by atoms with van der Waals surface area (Å²) in [7, 11) is 1.43. The number of fused-ring (bicyclic) bond motifs is 2. The van der Waals surface area contributed by atoms with Gasteiger partial charge in [0.15, 0.2) is 16.9 Å². The van der Waals surface area contributed by atoms with Crippen LogP contribution < -0.4 is 15.1 Å². The van der Waals surface area contributed by atoms with E-state index in [2.05, 4.69) is 10.2 Å². The first-order valence-electron chi connectivity index (χ1n) is 9.45. The Morgan fingerprint density at radius 2 is 1.94 bits per heavy atom. The molecule has 2 aromatic carbocycles. The van der Waals surface area contributed by atoms with Crippen LogP contribution in [0, 0.1) is 13.8 Å². The van der Waals surface area contributed by atoms with E-state index in [1.807, 2.05) is 13.8 Å². The Kier molecular flexibility index (Phi) is 4.30. The number of rotatable bonds is 3. The zero-order valence-corrected chi connectivity index (χ0v) is 17.7. The minimum atomic E-state index is -0.799. The SMILES string of the molecule is COc1cc(C2c3c(oc4cc(C)c(C)cc4c3=O)C(=O)N2c2nncs2)ccc1O. The molecule has 0 bridgehead atoms. The van der Waals surface area contributed by atoms with Crippen LogP contribution in [0.15, 0.2) is 45.1 Å². The zero-order valence-electron chi connectivity index (χ0n) is 16.9. The monoisotopic (exact) mass is 435 g/mol. The Hall–Kier alpha value is -3.72. The molecule has 0 spiro atoms. The lowest BCUT2D eigenvalue weighted by atomic mass is 9.97. The number of hydrogen-bond donors (Lipinski definition) is 1. The molecular formula is C22H17N3O5S. The molecule has 1 aliphatic rings. The first kappa shape index (κ1) is 19.3. The standard InChI is InChI=1S/C22H17N3O5S/c1-10-6-13-15(7-11(10)2)30-20-17(19(13)27)18(12-4-5-14(26)16(8-12)29-3)25(21(20)28)22-24-23-9-31-22/h4-9,18,26H,1-3H3. The molecule has 0 saturated carbocycles. The van der Waals surface area contributed by atoms with Gasteiger partial charge in [-0.1, -0.05) is 17.4 Å². The van der Waals surface area contributed by atoms with Crippen LogP contribution in [0.25, 0.3) is 11.0 Å². The highest BCUT2D eigenvalue weighted by atomic mass is 32.1. The Morgan fingerprint density at radius 1 is 1.16 bits per heavy atom. The van der Waals surface area contributed by atoms with Gasteiger partial charge in [-0.25, -0.2) is 0 Å². The van der Waals surface area contributed by atoms with E-state index >= 15 is 0 Å². The van der Waals surface area contributed by atoms with Crippen molar-refractivity contribution in [3.05, 3.63) is 74.1 Å². The molecule has 8 nitrogen and oxygen atoms in total. The number of carbonyl (C=O) groups excluding carboxylic acids is 1. The highest BCUT2D eigenvalue weighted by Gasteiger charge is 2.45. The maximum Gasteiger partial charge on any atom is 0.297 e. The molecular weight excluding hydrogens is 418 g/mol. The summed E-state index contributed by atoms with van der Waals surface area (Å²) in [6, 6.07) is 7.45. The van der Waals surface area contributed by atoms with E-state index in [4.69, 9.17) is 9.15 Å². The molecule has 1 unspecified atom stereocenters. The first-order valence-corrected chi connectivity index (χ1v) is 10.3. The van der Waals surface area contributed by atoms with Crippen LogP contribution in [0.2, 0.25) is 0 Å². The van der Waals surface area contributed by atoms with Crippen molar-refractivity contribution >= 4 is 33.3 Å². The number of aromatic hydroxyl groups is 1. The second kappa shape index (κ2) is 6.92. The summed E-state index contributed by atoms with van der Waals surface area (Å²) in [4.78, 5) is 28.4. The smallest absolute Gasteiger partial charge is 0.297 e. The van der Waals surface area contributed by atoms with E-state index in [1.165, 1.54) is 34.9 Å². The largest absolute Gasteiger partial charge is 0.504 e. The number of carbonyl (C=O) groups is 1. The Balaban J connectivity index is 1.83. The molecule has 0 aliphatic carbocycles. The maximum absolute atomic E-state index is 13.6. The normalized spacial score (nSPS) is 15.5. The van der Waals surface area contributed by atoms with E-state index in [0.29, 0.717) is 21.7 Å². The third kappa shape index (κ3) is 2.81. The summed E-state index contributed by atoms with van der Waals surface area (Å²) < 4.78 is 11.2. The lowest BCUT2D eigenvalue weighted by Crippen LogP contribution is -2.29. The van der Waals surface area contributed by atoms with E-state index in [9.17, 15) is 14.7 Å². The lowest BCUT2D eigenvalue weighted by Gasteiger charge is -2.22. The molecule has 1 N–H and O–H groups in total. The fraction of sp³-hybridized carbons (Fsp3) is 0.182. The van der Waals surface area contributed by atoms with Crippen LogP contribution in [-0.2, 0) is 0 Å². The Bertz CT molecular complexity index is 1410. The van der Waals surface area contributed by atoms with Crippen LogP contribution in [-0.4, -0.2) is 28.3 Å². The highest BCUT2D eigenvalue weighted by molar-refractivity contribution is 7.13. The predicted molar refractivity (Wildman–Crippen MR) is 115 cm³/mol. The summed E-state index contributed by atoms with van der Waals surface area (Å²) >= 11 is 1.18. The number of anilines is 1. The van der Waals surface area contributed by atoms with Crippen molar-refractivity contribution in [2.75, 3.05) is 12.0 Å². The van der Waals surface area contributed by atoms with E-state index in [0.717, 1.165) is 11.1 Å². The molecule has 0 saturated heterocycles. The Morgan fingerprint density at radius 3 is 2.65 bits per heavy atom. The number of amides is 1. The number of aromatic nitrogens is 2. The van der Waals surface area contributed by atoms with Gasteiger partial charge < -0.3 is 14.3 Å². The van der Waals surface area contributed by atoms with Gasteiger partial charge in [0.25, 0.3) is 5.91 Å². The van der Waals surface area contributed by atoms with Crippen molar-refractivity contribution in [1.29, 1.82) is 0 Å². The second-order valence-electron chi connectivity index (χ2n) is 7.34. The first-order chi connectivity index (χ1) is 14.9. The second-order valence-corrected chi connectivity index (χ2v) is 8.15. The Labute approximate surface area is 180 Å². The van der Waals surface area contributed by atoms with E-state index < -0.39 is 11.9 Å². The highest BCUT2D eigenvalue weighted by Crippen LogP contribution is 2.43. The minimum absolute atomic E-state index is 0.0204. The summed E-state index contributed by atoms with van der Waals surface area (Å²) in [6.07, 6.45) is 0. The average molecular weight is 435 g/mol. The van der Waals surface area contributed by atoms with Gasteiger partial charge in [-0.3, -0.25) is 14.5 Å². The van der Waals surface area contributed by atoms with Crippen LogP contribution >= 0.6 is 11.3 Å². The van der Waals surface area contributed by atoms with Crippen LogP contribution in [0.3, 0.4) is 0 Å². The number of nitrogens with zero attached hydrogens (tertiary/aromatic N) is 3. The fourth-order valence-electron chi connectivity index (χ4n) is 3.88. The van der Waals surface area contributed by atoms with Gasteiger partial charge in [-0.05, 0) is 54.8 Å².